The van der Waals surface area contributed by atoms with Gasteiger partial charge in [0, 0.05) is 11.0 Å². The van der Waals surface area contributed by atoms with Crippen molar-refractivity contribution in [3.05, 3.63) is 71.8 Å². The molecule has 0 radical (unpaired) electrons. The van der Waals surface area contributed by atoms with Gasteiger partial charge in [0.15, 0.2) is 0 Å². The Hall–Kier alpha value is -2.95. The second-order valence-corrected chi connectivity index (χ2v) is 8.91. The molecule has 2 aromatic carbocycles. The van der Waals surface area contributed by atoms with Gasteiger partial charge >= 0.3 is 11.9 Å². The number of benzene rings is 2. The predicted molar refractivity (Wildman–Crippen MR) is 120 cm³/mol. The Morgan fingerprint density at radius 1 is 0.710 bits per heavy atom. The van der Waals surface area contributed by atoms with E-state index in [1.54, 1.807) is 54.6 Å². The molecule has 0 spiro atoms. The van der Waals surface area contributed by atoms with Gasteiger partial charge in [-0.2, -0.15) is 0 Å². The Labute approximate surface area is 184 Å². The number of carbonyl (C=O) groups excluding carboxylic acids is 3. The fraction of sp³-hybridized carbons (Fsp3) is 0.423. The lowest BCUT2D eigenvalue weighted by Gasteiger charge is -2.35. The number of carbonyl (C=O) groups is 3. The van der Waals surface area contributed by atoms with Gasteiger partial charge < -0.3 is 9.47 Å². The Kier molecular flexibility index (Phi) is 8.98. The maximum Gasteiger partial charge on any atom is 0.379 e. The maximum absolute atomic E-state index is 12.5. The third-order valence-electron chi connectivity index (χ3n) is 4.93. The van der Waals surface area contributed by atoms with Crippen LogP contribution >= 0.6 is 0 Å². The molecule has 2 rings (SSSR count). The molecular formula is C26H32O5. The molecule has 0 aliphatic carbocycles. The van der Waals surface area contributed by atoms with Crippen molar-refractivity contribution in [1.82, 2.24) is 0 Å². The lowest BCUT2D eigenvalue weighted by molar-refractivity contribution is -0.144. The molecule has 31 heavy (non-hydrogen) atoms. The predicted octanol–water partition coefficient (Wildman–Crippen LogP) is 5.35. The van der Waals surface area contributed by atoms with Crippen LogP contribution in [0.5, 0.6) is 0 Å². The monoisotopic (exact) mass is 424 g/mol. The van der Waals surface area contributed by atoms with Crippen LogP contribution in [0.3, 0.4) is 0 Å². The van der Waals surface area contributed by atoms with Crippen LogP contribution in [-0.4, -0.2) is 30.9 Å². The van der Waals surface area contributed by atoms with Crippen LogP contribution in [0.4, 0.5) is 0 Å². The molecule has 0 aliphatic rings. The number of rotatable bonds is 11. The molecule has 0 fully saturated rings. The first kappa shape index (κ1) is 24.3. The van der Waals surface area contributed by atoms with Crippen LogP contribution in [0.15, 0.2) is 60.7 Å². The van der Waals surface area contributed by atoms with Gasteiger partial charge in [0.1, 0.15) is 13.2 Å². The van der Waals surface area contributed by atoms with E-state index in [2.05, 4.69) is 27.7 Å². The van der Waals surface area contributed by atoms with E-state index < -0.39 is 23.1 Å². The average Bonchev–Trinajstić information content (AvgIpc) is 2.75. The summed E-state index contributed by atoms with van der Waals surface area (Å²) in [6.45, 7) is 8.43. The van der Waals surface area contributed by atoms with Crippen molar-refractivity contribution in [1.29, 1.82) is 0 Å². The second-order valence-electron chi connectivity index (χ2n) is 8.91. The largest absolute Gasteiger partial charge is 0.461 e. The highest BCUT2D eigenvalue weighted by atomic mass is 16.6. The van der Waals surface area contributed by atoms with Crippen molar-refractivity contribution in [2.75, 3.05) is 13.2 Å². The van der Waals surface area contributed by atoms with Gasteiger partial charge in [-0.3, -0.25) is 4.79 Å². The van der Waals surface area contributed by atoms with Crippen LogP contribution < -0.4 is 0 Å². The molecule has 0 saturated heterocycles. The minimum absolute atomic E-state index is 0.0167. The molecule has 2 aromatic rings. The van der Waals surface area contributed by atoms with Crippen molar-refractivity contribution in [3.63, 3.8) is 0 Å². The Bertz CT molecular complexity index is 846. The third kappa shape index (κ3) is 7.67. The first-order valence-corrected chi connectivity index (χ1v) is 10.7. The summed E-state index contributed by atoms with van der Waals surface area (Å²) in [7, 11) is 0. The number of hydrogen-bond donors (Lipinski definition) is 0. The first-order chi connectivity index (χ1) is 14.7. The zero-order valence-electron chi connectivity index (χ0n) is 18.8. The van der Waals surface area contributed by atoms with Crippen LogP contribution in [0.1, 0.15) is 61.3 Å². The summed E-state index contributed by atoms with van der Waals surface area (Å²) in [6.07, 6.45) is 1.39. The normalized spacial score (nSPS) is 11.4. The molecule has 0 heterocycles. The molecule has 166 valence electrons. The van der Waals surface area contributed by atoms with Gasteiger partial charge in [-0.05, 0) is 36.8 Å². The smallest absolute Gasteiger partial charge is 0.379 e. The summed E-state index contributed by atoms with van der Waals surface area (Å²) in [6, 6.07) is 17.1. The van der Waals surface area contributed by atoms with Gasteiger partial charge in [-0.1, -0.05) is 76.2 Å². The third-order valence-corrected chi connectivity index (χ3v) is 4.93. The maximum atomic E-state index is 12.5. The number of esters is 2. The molecule has 0 saturated carbocycles. The van der Waals surface area contributed by atoms with Crippen LogP contribution in [0, 0.1) is 17.3 Å². The highest BCUT2D eigenvalue weighted by Crippen LogP contribution is 2.35. The molecule has 0 atom stereocenters. The molecule has 0 N–H and O–H groups in total. The van der Waals surface area contributed by atoms with E-state index in [4.69, 9.17) is 9.47 Å². The minimum Gasteiger partial charge on any atom is -0.461 e. The summed E-state index contributed by atoms with van der Waals surface area (Å²) in [5.74, 6) is -1.40. The zero-order valence-corrected chi connectivity index (χ0v) is 18.8. The highest BCUT2D eigenvalue weighted by molar-refractivity contribution is 6.40. The molecule has 5 heteroatoms. The molecule has 5 nitrogen and oxygen atoms in total. The molecule has 0 aromatic heterocycles. The van der Waals surface area contributed by atoms with Gasteiger partial charge in [-0.15, -0.1) is 0 Å². The standard InChI is InChI=1S/C26H32O5/c1-19(2)15-26(16-20(3)4,17-30-24(28)22-13-9-6-10-14-22)18-31-25(29)23(27)21-11-7-5-8-12-21/h5-14,19-20H,15-18H2,1-4H3. The summed E-state index contributed by atoms with van der Waals surface area (Å²) in [5.41, 5.74) is 0.197. The number of ketones is 1. The SMILES string of the molecule is CC(C)CC(COC(=O)C(=O)c1ccccc1)(COC(=O)c1ccccc1)CC(C)C. The van der Waals surface area contributed by atoms with E-state index in [-0.39, 0.29) is 25.0 Å². The van der Waals surface area contributed by atoms with E-state index in [9.17, 15) is 14.4 Å². The van der Waals surface area contributed by atoms with Gasteiger partial charge in [-0.25, -0.2) is 9.59 Å². The van der Waals surface area contributed by atoms with E-state index in [0.29, 0.717) is 24.0 Å². The lowest BCUT2D eigenvalue weighted by Crippen LogP contribution is -2.38. The number of hydrogen-bond acceptors (Lipinski definition) is 5. The van der Waals surface area contributed by atoms with Crippen molar-refractivity contribution in [3.8, 4) is 0 Å². The van der Waals surface area contributed by atoms with Crippen molar-refractivity contribution in [2.24, 2.45) is 17.3 Å². The Balaban J connectivity index is 2.14. The fourth-order valence-corrected chi connectivity index (χ4v) is 3.96. The molecule has 0 aliphatic heterocycles. The Morgan fingerprint density at radius 3 is 1.65 bits per heavy atom. The minimum atomic E-state index is -0.891. The lowest BCUT2D eigenvalue weighted by atomic mass is 9.75. The average molecular weight is 425 g/mol. The van der Waals surface area contributed by atoms with E-state index >= 15 is 0 Å². The van der Waals surface area contributed by atoms with E-state index in [1.165, 1.54) is 0 Å². The zero-order chi connectivity index (χ0) is 22.9. The summed E-state index contributed by atoms with van der Waals surface area (Å²) in [4.78, 5) is 37.3. The highest BCUT2D eigenvalue weighted by Gasteiger charge is 2.36. The molecule has 0 amide bonds. The first-order valence-electron chi connectivity index (χ1n) is 10.7. The van der Waals surface area contributed by atoms with Crippen molar-refractivity contribution >= 4 is 17.7 Å². The summed E-state index contributed by atoms with van der Waals surface area (Å²) < 4.78 is 11.1. The van der Waals surface area contributed by atoms with Crippen LogP contribution in [0.25, 0.3) is 0 Å². The van der Waals surface area contributed by atoms with E-state index in [1.807, 2.05) is 6.07 Å². The molecular weight excluding hydrogens is 392 g/mol. The van der Waals surface area contributed by atoms with Gasteiger partial charge in [0.2, 0.25) is 0 Å². The van der Waals surface area contributed by atoms with Crippen molar-refractivity contribution in [2.45, 2.75) is 40.5 Å². The van der Waals surface area contributed by atoms with E-state index in [0.717, 1.165) is 0 Å². The quantitative estimate of drug-likeness (QED) is 0.276. The van der Waals surface area contributed by atoms with Gasteiger partial charge in [0.05, 0.1) is 5.56 Å². The summed E-state index contributed by atoms with van der Waals surface area (Å²) in [5, 5.41) is 0. The molecule has 0 unspecified atom stereocenters. The van der Waals surface area contributed by atoms with Crippen LogP contribution in [-0.2, 0) is 14.3 Å². The second kappa shape index (κ2) is 11.4. The number of ether oxygens (including phenoxy) is 2. The van der Waals surface area contributed by atoms with Crippen LogP contribution in [0.2, 0.25) is 0 Å². The summed E-state index contributed by atoms with van der Waals surface area (Å²) >= 11 is 0. The Morgan fingerprint density at radius 2 is 1.16 bits per heavy atom. The topological polar surface area (TPSA) is 69.7 Å². The van der Waals surface area contributed by atoms with Crippen molar-refractivity contribution < 1.29 is 23.9 Å². The number of Topliss-reactive ketones (excluding diaryl/α,β-unsaturated/α-hetero) is 1. The van der Waals surface area contributed by atoms with Gasteiger partial charge in [0.25, 0.3) is 5.78 Å². The molecule has 0 bridgehead atoms. The fourth-order valence-electron chi connectivity index (χ4n) is 3.96.